The number of benzene rings is 2. The molecule has 0 radical (unpaired) electrons. The van der Waals surface area contributed by atoms with Crippen molar-refractivity contribution < 1.29 is 9.21 Å². The van der Waals surface area contributed by atoms with Crippen LogP contribution in [-0.2, 0) is 11.2 Å². The van der Waals surface area contributed by atoms with Crippen LogP contribution in [-0.4, -0.2) is 52.1 Å². The highest BCUT2D eigenvalue weighted by atomic mass is 35.5. The van der Waals surface area contributed by atoms with E-state index >= 15 is 0 Å². The number of hydrogen-bond acceptors (Lipinski definition) is 5. The maximum atomic E-state index is 12.6. The minimum Gasteiger partial charge on any atom is -0.419 e. The van der Waals surface area contributed by atoms with Crippen LogP contribution in [0.25, 0.3) is 11.5 Å². The summed E-state index contributed by atoms with van der Waals surface area (Å²) >= 11 is 6.05. The lowest BCUT2D eigenvalue weighted by atomic mass is 10.1. The molecule has 1 amide bonds. The molecule has 2 aromatic carbocycles. The first-order chi connectivity index (χ1) is 14.5. The van der Waals surface area contributed by atoms with E-state index in [1.807, 2.05) is 60.4 Å². The van der Waals surface area contributed by atoms with Crippen molar-refractivity contribution in [2.45, 2.75) is 26.3 Å². The lowest BCUT2D eigenvalue weighted by Crippen LogP contribution is -2.49. The Kier molecular flexibility index (Phi) is 6.16. The van der Waals surface area contributed by atoms with Crippen LogP contribution in [0.15, 0.2) is 52.9 Å². The van der Waals surface area contributed by atoms with Crippen LogP contribution in [0.2, 0.25) is 5.02 Å². The number of aryl methyl sites for hydroxylation is 1. The normalized spacial score (nSPS) is 15.9. The average Bonchev–Trinajstić information content (AvgIpc) is 3.25. The molecule has 1 atom stereocenters. The second-order valence-electron chi connectivity index (χ2n) is 7.71. The second-order valence-corrected chi connectivity index (χ2v) is 8.15. The second kappa shape index (κ2) is 8.98. The maximum Gasteiger partial charge on any atom is 0.247 e. The molecule has 6 nitrogen and oxygen atoms in total. The number of aromatic nitrogens is 2. The minimum absolute atomic E-state index is 0.0141. The molecule has 2 heterocycles. The van der Waals surface area contributed by atoms with Gasteiger partial charge < -0.3 is 9.32 Å². The van der Waals surface area contributed by atoms with Gasteiger partial charge in [-0.3, -0.25) is 9.69 Å². The highest BCUT2D eigenvalue weighted by molar-refractivity contribution is 6.30. The molecule has 4 rings (SSSR count). The van der Waals surface area contributed by atoms with E-state index in [1.54, 1.807) is 0 Å². The lowest BCUT2D eigenvalue weighted by Gasteiger charge is -2.37. The van der Waals surface area contributed by atoms with Crippen LogP contribution in [0.1, 0.15) is 30.0 Å². The van der Waals surface area contributed by atoms with Gasteiger partial charge in [0.1, 0.15) is 0 Å². The van der Waals surface area contributed by atoms with Gasteiger partial charge in [-0.1, -0.05) is 47.5 Å². The fourth-order valence-corrected chi connectivity index (χ4v) is 3.84. The fraction of sp³-hybridized carbons (Fsp3) is 0.348. The lowest BCUT2D eigenvalue weighted by molar-refractivity contribution is -0.132. The fourth-order valence-electron chi connectivity index (χ4n) is 3.65. The molecule has 0 spiro atoms. The van der Waals surface area contributed by atoms with Crippen LogP contribution < -0.4 is 0 Å². The molecule has 1 aliphatic rings. The molecule has 1 fully saturated rings. The molecular weight excluding hydrogens is 400 g/mol. The van der Waals surface area contributed by atoms with Crippen molar-refractivity contribution >= 4 is 17.5 Å². The first-order valence-corrected chi connectivity index (χ1v) is 10.5. The van der Waals surface area contributed by atoms with E-state index in [4.69, 9.17) is 16.0 Å². The van der Waals surface area contributed by atoms with Gasteiger partial charge in [-0.25, -0.2) is 0 Å². The van der Waals surface area contributed by atoms with Gasteiger partial charge in [0.05, 0.1) is 12.5 Å². The molecule has 1 aliphatic heterocycles. The first kappa shape index (κ1) is 20.6. The molecule has 0 N–H and O–H groups in total. The van der Waals surface area contributed by atoms with Crippen LogP contribution in [0.4, 0.5) is 0 Å². The molecular formula is C23H25ClN4O2. The third-order valence-electron chi connectivity index (χ3n) is 5.56. The number of amides is 1. The Balaban J connectivity index is 1.33. The first-order valence-electron chi connectivity index (χ1n) is 10.2. The zero-order valence-electron chi connectivity index (χ0n) is 17.2. The molecule has 0 bridgehead atoms. The molecule has 0 aliphatic carbocycles. The van der Waals surface area contributed by atoms with E-state index in [2.05, 4.69) is 22.0 Å². The number of rotatable bonds is 5. The largest absolute Gasteiger partial charge is 0.419 e. The van der Waals surface area contributed by atoms with Crippen LogP contribution in [0.5, 0.6) is 0 Å². The Morgan fingerprint density at radius 1 is 1.10 bits per heavy atom. The van der Waals surface area contributed by atoms with E-state index in [9.17, 15) is 4.79 Å². The quantitative estimate of drug-likeness (QED) is 0.615. The Hall–Kier alpha value is -2.70. The molecule has 30 heavy (non-hydrogen) atoms. The summed E-state index contributed by atoms with van der Waals surface area (Å²) in [5.41, 5.74) is 3.06. The average molecular weight is 425 g/mol. The van der Waals surface area contributed by atoms with Crippen LogP contribution in [0, 0.1) is 6.92 Å². The highest BCUT2D eigenvalue weighted by Gasteiger charge is 2.27. The molecule has 7 heteroatoms. The standard InChI is InChI=1S/C23H25ClN4O2/c1-16-6-8-18(9-7-16)14-21(29)28-12-10-27(11-13-28)17(2)22-25-26-23(30-22)19-4-3-5-20(24)15-19/h3-9,15,17H,10-14H2,1-2H3. The predicted molar refractivity (Wildman–Crippen MR) is 116 cm³/mol. The number of piperazine rings is 1. The Morgan fingerprint density at radius 2 is 1.83 bits per heavy atom. The smallest absolute Gasteiger partial charge is 0.247 e. The number of hydrogen-bond donors (Lipinski definition) is 0. The van der Waals surface area contributed by atoms with Gasteiger partial charge in [-0.05, 0) is 37.6 Å². The van der Waals surface area contributed by atoms with Gasteiger partial charge in [0.15, 0.2) is 0 Å². The van der Waals surface area contributed by atoms with Crippen molar-refractivity contribution in [1.82, 2.24) is 20.0 Å². The van der Waals surface area contributed by atoms with Crippen molar-refractivity contribution in [3.63, 3.8) is 0 Å². The van der Waals surface area contributed by atoms with Crippen molar-refractivity contribution in [2.24, 2.45) is 0 Å². The summed E-state index contributed by atoms with van der Waals surface area (Å²) in [5.74, 6) is 1.21. The Morgan fingerprint density at radius 3 is 2.53 bits per heavy atom. The number of carbonyl (C=O) groups excluding carboxylic acids is 1. The summed E-state index contributed by atoms with van der Waals surface area (Å²) in [6, 6.07) is 15.5. The van der Waals surface area contributed by atoms with Gasteiger partial charge in [0, 0.05) is 36.8 Å². The molecule has 1 saturated heterocycles. The monoisotopic (exact) mass is 424 g/mol. The number of nitrogens with zero attached hydrogens (tertiary/aromatic N) is 4. The molecule has 156 valence electrons. The van der Waals surface area contributed by atoms with Crippen molar-refractivity contribution in [3.05, 3.63) is 70.6 Å². The third kappa shape index (κ3) is 4.71. The van der Waals surface area contributed by atoms with Gasteiger partial charge >= 0.3 is 0 Å². The Labute approximate surface area is 181 Å². The summed E-state index contributed by atoms with van der Waals surface area (Å²) in [5, 5.41) is 9.04. The third-order valence-corrected chi connectivity index (χ3v) is 5.80. The van der Waals surface area contributed by atoms with Crippen LogP contribution >= 0.6 is 11.6 Å². The van der Waals surface area contributed by atoms with Crippen molar-refractivity contribution in [2.75, 3.05) is 26.2 Å². The zero-order valence-corrected chi connectivity index (χ0v) is 18.0. The minimum atomic E-state index is -0.0141. The maximum absolute atomic E-state index is 12.6. The Bertz CT molecular complexity index is 1010. The SMILES string of the molecule is Cc1ccc(CC(=O)N2CCN(C(C)c3nnc(-c4cccc(Cl)c4)o3)CC2)cc1. The molecule has 1 unspecified atom stereocenters. The molecule has 1 aromatic heterocycles. The van der Waals surface area contributed by atoms with E-state index in [0.29, 0.717) is 36.3 Å². The molecule has 0 saturated carbocycles. The van der Waals surface area contributed by atoms with Crippen molar-refractivity contribution in [3.8, 4) is 11.5 Å². The highest BCUT2D eigenvalue weighted by Crippen LogP contribution is 2.26. The topological polar surface area (TPSA) is 62.5 Å². The van der Waals surface area contributed by atoms with E-state index in [-0.39, 0.29) is 11.9 Å². The summed E-state index contributed by atoms with van der Waals surface area (Å²) in [6.45, 7) is 7.05. The van der Waals surface area contributed by atoms with E-state index in [0.717, 1.165) is 24.2 Å². The molecule has 3 aromatic rings. The summed E-state index contributed by atoms with van der Waals surface area (Å²) < 4.78 is 5.90. The predicted octanol–water partition coefficient (Wildman–Crippen LogP) is 4.15. The summed E-state index contributed by atoms with van der Waals surface area (Å²) in [4.78, 5) is 16.8. The van der Waals surface area contributed by atoms with Crippen LogP contribution in [0.3, 0.4) is 0 Å². The number of carbonyl (C=O) groups is 1. The van der Waals surface area contributed by atoms with Gasteiger partial charge in [-0.15, -0.1) is 10.2 Å². The number of halogens is 1. The van der Waals surface area contributed by atoms with Gasteiger partial charge in [0.25, 0.3) is 0 Å². The van der Waals surface area contributed by atoms with Crippen molar-refractivity contribution in [1.29, 1.82) is 0 Å². The van der Waals surface area contributed by atoms with Gasteiger partial charge in [-0.2, -0.15) is 0 Å². The van der Waals surface area contributed by atoms with Gasteiger partial charge in [0.2, 0.25) is 17.7 Å². The van der Waals surface area contributed by atoms with E-state index in [1.165, 1.54) is 5.56 Å². The zero-order chi connectivity index (χ0) is 21.1. The summed E-state index contributed by atoms with van der Waals surface area (Å²) in [7, 11) is 0. The van der Waals surface area contributed by atoms with E-state index < -0.39 is 0 Å². The summed E-state index contributed by atoms with van der Waals surface area (Å²) in [6.07, 6.45) is 0.447.